The number of amides is 2. The van der Waals surface area contributed by atoms with E-state index in [0.717, 1.165) is 20.6 Å². The van der Waals surface area contributed by atoms with Crippen LogP contribution in [0, 0.1) is 27.2 Å². The molecule has 3 aliphatic rings. The molecule has 0 N–H and O–H groups in total. The Morgan fingerprint density at radius 2 is 1.71 bits per heavy atom. The Morgan fingerprint density at radius 1 is 1.10 bits per heavy atom. The fraction of sp³-hybridized carbons (Fsp3) is 0.312. The maximum Gasteiger partial charge on any atom is 0.254 e. The molecule has 0 radical (unpaired) electrons. The van der Waals surface area contributed by atoms with Crippen LogP contribution in [-0.4, -0.2) is 23.0 Å². The van der Waals surface area contributed by atoms with E-state index in [1.807, 2.05) is 24.3 Å². The van der Waals surface area contributed by atoms with Gasteiger partial charge in [-0.05, 0) is 46.9 Å². The van der Waals surface area contributed by atoms with Crippen molar-refractivity contribution in [3.63, 3.8) is 0 Å². The molecule has 0 unspecified atom stereocenters. The van der Waals surface area contributed by atoms with Gasteiger partial charge in [0.2, 0.25) is 0 Å². The molecular formula is C16H13IN2O2. The molecule has 4 atom stereocenters. The topological polar surface area (TPSA) is 49.7 Å². The first-order chi connectivity index (χ1) is 10.2. The highest BCUT2D eigenvalue weighted by Crippen LogP contribution is 2.52. The number of hydrogen-bond donors (Lipinski definition) is 0. The van der Waals surface area contributed by atoms with Crippen molar-refractivity contribution >= 4 is 40.6 Å². The zero-order valence-electron chi connectivity index (χ0n) is 11.1. The summed E-state index contributed by atoms with van der Waals surface area (Å²) in [6, 6.07) is 7.74. The number of fused-ring (bicyclic) bond motifs is 5. The molecular weight excluding hydrogens is 379 g/mol. The maximum atomic E-state index is 12.4. The molecule has 2 fully saturated rings. The first-order valence-corrected chi connectivity index (χ1v) is 8.09. The highest BCUT2D eigenvalue weighted by molar-refractivity contribution is 14.1. The van der Waals surface area contributed by atoms with Crippen LogP contribution in [-0.2, 0) is 9.59 Å². The molecule has 1 aliphatic heterocycles. The molecule has 21 heavy (non-hydrogen) atoms. The summed E-state index contributed by atoms with van der Waals surface area (Å²) in [4.78, 5) is 24.9. The minimum atomic E-state index is -0.181. The Bertz CT molecular complexity index is 667. The monoisotopic (exact) mass is 392 g/mol. The largest absolute Gasteiger partial charge is 0.272 e. The normalized spacial score (nSPS) is 33.5. The number of carbonyl (C=O) groups excluding carboxylic acids is 2. The number of rotatable bonds is 2. The molecule has 5 heteroatoms. The van der Waals surface area contributed by atoms with Gasteiger partial charge in [0, 0.05) is 9.13 Å². The van der Waals surface area contributed by atoms with E-state index >= 15 is 0 Å². The summed E-state index contributed by atoms with van der Waals surface area (Å²) >= 11 is 2.21. The Kier molecular flexibility index (Phi) is 2.99. The van der Waals surface area contributed by atoms with Crippen LogP contribution in [0.1, 0.15) is 12.0 Å². The number of hydrogen-bond acceptors (Lipinski definition) is 3. The van der Waals surface area contributed by atoms with Crippen LogP contribution in [0.2, 0.25) is 0 Å². The number of imide groups is 1. The summed E-state index contributed by atoms with van der Waals surface area (Å²) < 4.78 is 1.04. The van der Waals surface area contributed by atoms with E-state index in [9.17, 15) is 9.59 Å². The lowest BCUT2D eigenvalue weighted by atomic mass is 9.85. The van der Waals surface area contributed by atoms with E-state index in [1.165, 1.54) is 0 Å². The van der Waals surface area contributed by atoms with Crippen molar-refractivity contribution in [3.05, 3.63) is 45.6 Å². The predicted molar refractivity (Wildman–Crippen MR) is 86.3 cm³/mol. The number of carbonyl (C=O) groups is 2. The number of hydrazone groups is 1. The molecule has 1 aromatic carbocycles. The van der Waals surface area contributed by atoms with Gasteiger partial charge in [0.1, 0.15) is 0 Å². The number of nitrogens with zero attached hydrogens (tertiary/aromatic N) is 2. The van der Waals surface area contributed by atoms with E-state index in [-0.39, 0.29) is 35.5 Å². The van der Waals surface area contributed by atoms with E-state index in [0.29, 0.717) is 0 Å². The van der Waals surface area contributed by atoms with Gasteiger partial charge >= 0.3 is 0 Å². The third kappa shape index (κ3) is 1.90. The van der Waals surface area contributed by atoms with Gasteiger partial charge in [-0.25, -0.2) is 0 Å². The van der Waals surface area contributed by atoms with E-state index < -0.39 is 0 Å². The van der Waals surface area contributed by atoms with Crippen molar-refractivity contribution in [2.45, 2.75) is 6.42 Å². The first kappa shape index (κ1) is 13.2. The minimum Gasteiger partial charge on any atom is -0.272 e. The Labute approximate surface area is 136 Å². The molecule has 1 aromatic rings. The van der Waals surface area contributed by atoms with Crippen LogP contribution in [0.15, 0.2) is 41.5 Å². The Balaban J connectivity index is 1.62. The molecule has 1 heterocycles. The van der Waals surface area contributed by atoms with Crippen molar-refractivity contribution in [1.82, 2.24) is 5.01 Å². The second-order valence-corrected chi connectivity index (χ2v) is 6.92. The minimum absolute atomic E-state index is 0.135. The van der Waals surface area contributed by atoms with Crippen molar-refractivity contribution in [2.24, 2.45) is 28.8 Å². The third-order valence-corrected chi connectivity index (χ3v) is 5.65. The molecule has 2 aliphatic carbocycles. The second-order valence-electron chi connectivity index (χ2n) is 5.75. The van der Waals surface area contributed by atoms with Gasteiger partial charge < -0.3 is 0 Å². The third-order valence-electron chi connectivity index (χ3n) is 4.66. The van der Waals surface area contributed by atoms with Gasteiger partial charge in [0.15, 0.2) is 0 Å². The fourth-order valence-corrected chi connectivity index (χ4v) is 4.23. The second kappa shape index (κ2) is 4.76. The average Bonchev–Trinajstić information content (AvgIpc) is 3.14. The maximum absolute atomic E-state index is 12.4. The van der Waals surface area contributed by atoms with Crippen molar-refractivity contribution in [1.29, 1.82) is 0 Å². The molecule has 1 saturated heterocycles. The average molecular weight is 392 g/mol. The summed E-state index contributed by atoms with van der Waals surface area (Å²) in [7, 11) is 0. The number of halogens is 1. The van der Waals surface area contributed by atoms with E-state index in [2.05, 4.69) is 39.8 Å². The molecule has 0 aromatic heterocycles. The van der Waals surface area contributed by atoms with Gasteiger partial charge in [-0.2, -0.15) is 10.1 Å². The highest BCUT2D eigenvalue weighted by Gasteiger charge is 2.59. The smallest absolute Gasteiger partial charge is 0.254 e. The molecule has 1 saturated carbocycles. The van der Waals surface area contributed by atoms with E-state index in [4.69, 9.17) is 0 Å². The SMILES string of the molecule is O=C1[C@@H]2[C@@H](C(=O)N1/N=C\c1ccccc1I)[C@H]1C=C[C@@H]2C1. The molecule has 106 valence electrons. The summed E-state index contributed by atoms with van der Waals surface area (Å²) in [6.07, 6.45) is 6.73. The summed E-state index contributed by atoms with van der Waals surface area (Å²) in [6.45, 7) is 0. The van der Waals surface area contributed by atoms with Gasteiger partial charge in [-0.15, -0.1) is 0 Å². The lowest BCUT2D eigenvalue weighted by Gasteiger charge is -2.13. The van der Waals surface area contributed by atoms with Crippen LogP contribution in [0.5, 0.6) is 0 Å². The fourth-order valence-electron chi connectivity index (χ4n) is 3.70. The lowest BCUT2D eigenvalue weighted by molar-refractivity contribution is -0.140. The standard InChI is InChI=1S/C16H13IN2O2/c17-12-4-2-1-3-11(12)8-18-19-15(20)13-9-5-6-10(7-9)14(13)16(19)21/h1-6,8-10,13-14H,7H2/b18-8-/t9-,10+,13-,14-/m0/s1. The molecule has 0 spiro atoms. The summed E-state index contributed by atoms with van der Waals surface area (Å²) in [5.74, 6) is -0.172. The number of allylic oxidation sites excluding steroid dienone is 2. The van der Waals surface area contributed by atoms with E-state index in [1.54, 1.807) is 6.21 Å². The summed E-state index contributed by atoms with van der Waals surface area (Å²) in [5.41, 5.74) is 0.914. The molecule has 4 nitrogen and oxygen atoms in total. The van der Waals surface area contributed by atoms with Gasteiger partial charge in [0.05, 0.1) is 18.1 Å². The van der Waals surface area contributed by atoms with Crippen LogP contribution in [0.4, 0.5) is 0 Å². The Hall–Kier alpha value is -1.50. The quantitative estimate of drug-likeness (QED) is 0.336. The van der Waals surface area contributed by atoms with Crippen LogP contribution in [0.25, 0.3) is 0 Å². The van der Waals surface area contributed by atoms with Crippen molar-refractivity contribution in [3.8, 4) is 0 Å². The summed E-state index contributed by atoms with van der Waals surface area (Å²) in [5, 5.41) is 5.26. The first-order valence-electron chi connectivity index (χ1n) is 7.01. The van der Waals surface area contributed by atoms with Crippen LogP contribution in [0.3, 0.4) is 0 Å². The van der Waals surface area contributed by atoms with Gasteiger partial charge in [-0.1, -0.05) is 30.4 Å². The van der Waals surface area contributed by atoms with Crippen LogP contribution >= 0.6 is 22.6 Å². The Morgan fingerprint density at radius 3 is 2.33 bits per heavy atom. The lowest BCUT2D eigenvalue weighted by Crippen LogP contribution is -2.28. The number of benzene rings is 1. The molecule has 2 bridgehead atoms. The zero-order chi connectivity index (χ0) is 14.6. The van der Waals surface area contributed by atoms with Gasteiger partial charge in [0.25, 0.3) is 11.8 Å². The molecule has 4 rings (SSSR count). The molecule has 2 amide bonds. The zero-order valence-corrected chi connectivity index (χ0v) is 13.3. The van der Waals surface area contributed by atoms with Gasteiger partial charge in [-0.3, -0.25) is 9.59 Å². The van der Waals surface area contributed by atoms with Crippen molar-refractivity contribution in [2.75, 3.05) is 0 Å². The highest BCUT2D eigenvalue weighted by atomic mass is 127. The van der Waals surface area contributed by atoms with Crippen molar-refractivity contribution < 1.29 is 9.59 Å². The van der Waals surface area contributed by atoms with Crippen LogP contribution < -0.4 is 0 Å². The predicted octanol–water partition coefficient (Wildman–Crippen LogP) is 2.43.